The lowest BCUT2D eigenvalue weighted by Gasteiger charge is -2.37. The van der Waals surface area contributed by atoms with E-state index in [0.29, 0.717) is 49.3 Å². The second kappa shape index (κ2) is 9.60. The molecule has 0 bridgehead atoms. The number of likely N-dealkylation sites (tertiary alicyclic amines) is 1. The molecule has 0 spiro atoms. The monoisotopic (exact) mass is 541 g/mol. The third-order valence-electron chi connectivity index (χ3n) is 7.29. The van der Waals surface area contributed by atoms with Gasteiger partial charge in [-0.25, -0.2) is 9.18 Å². The Balaban J connectivity index is 1.52. The van der Waals surface area contributed by atoms with E-state index < -0.39 is 23.6 Å². The fourth-order valence-electron chi connectivity index (χ4n) is 5.57. The van der Waals surface area contributed by atoms with Gasteiger partial charge in [0, 0.05) is 36.7 Å². The number of hydrogen-bond donors (Lipinski definition) is 2. The van der Waals surface area contributed by atoms with E-state index >= 15 is 0 Å². The van der Waals surface area contributed by atoms with Crippen molar-refractivity contribution in [3.8, 4) is 0 Å². The smallest absolute Gasteiger partial charge is 0.351 e. The zero-order chi connectivity index (χ0) is 26.5. The van der Waals surface area contributed by atoms with Crippen LogP contribution in [0.15, 0.2) is 18.2 Å². The van der Waals surface area contributed by atoms with Crippen molar-refractivity contribution in [2.75, 3.05) is 18.1 Å². The van der Waals surface area contributed by atoms with Crippen LogP contribution in [-0.2, 0) is 16.9 Å². The Hall–Kier alpha value is -2.18. The molecule has 4 rings (SSSR count). The Morgan fingerprint density at radius 2 is 1.67 bits per heavy atom. The van der Waals surface area contributed by atoms with Crippen LogP contribution in [0.5, 0.6) is 0 Å². The second-order valence-electron chi connectivity index (χ2n) is 9.49. The molecule has 0 aromatic heterocycles. The molecule has 0 radical (unpaired) electrons. The predicted molar refractivity (Wildman–Crippen MR) is 119 cm³/mol. The quantitative estimate of drug-likeness (QED) is 0.541. The van der Waals surface area contributed by atoms with E-state index in [2.05, 4.69) is 10.6 Å². The van der Waals surface area contributed by atoms with Gasteiger partial charge in [0.15, 0.2) is 0 Å². The van der Waals surface area contributed by atoms with Gasteiger partial charge in [-0.2, -0.15) is 38.1 Å². The first-order chi connectivity index (χ1) is 16.7. The summed E-state index contributed by atoms with van der Waals surface area (Å²) in [5.74, 6) is 1.03. The van der Waals surface area contributed by atoms with Crippen molar-refractivity contribution in [2.24, 2.45) is 0 Å². The molecule has 2 fully saturated rings. The summed E-state index contributed by atoms with van der Waals surface area (Å²) in [6.45, 7) is 1.78. The molecule has 3 aliphatic rings. The Morgan fingerprint density at radius 3 is 2.31 bits per heavy atom. The summed E-state index contributed by atoms with van der Waals surface area (Å²) in [4.78, 5) is 26.3. The topological polar surface area (TPSA) is 61.4 Å². The number of nitrogens with zero attached hydrogens (tertiary/aromatic N) is 1. The lowest BCUT2D eigenvalue weighted by Crippen LogP contribution is -2.57. The molecule has 1 aliphatic carbocycles. The van der Waals surface area contributed by atoms with Crippen molar-refractivity contribution in [1.82, 2.24) is 15.5 Å². The van der Waals surface area contributed by atoms with Gasteiger partial charge in [-0.05, 0) is 42.6 Å². The van der Waals surface area contributed by atoms with Crippen LogP contribution in [0, 0.1) is 0 Å². The first-order valence-electron chi connectivity index (χ1n) is 11.6. The molecular formula is C23H26F7N3O2S. The molecule has 1 aromatic carbocycles. The third kappa shape index (κ3) is 4.74. The summed E-state index contributed by atoms with van der Waals surface area (Å²) < 4.78 is 93.7. The molecule has 5 nitrogen and oxygen atoms in total. The molecule has 2 aliphatic heterocycles. The van der Waals surface area contributed by atoms with Gasteiger partial charge in [-0.15, -0.1) is 0 Å². The van der Waals surface area contributed by atoms with Gasteiger partial charge < -0.3 is 15.5 Å². The standard InChI is InChI=1S/C23H26F7N3O2S/c1-12(34)31-18-11-36-9-7-17(18)32-20(35)33-8-6-16-15-4-3-14(10-13(15)2-5-19(16)33)21(24,22(25,26)27)23(28,29)30/h3-4,10,16-19H,2,5-9,11H2,1H3,(H,31,34)(H,32,35). The number of rotatable bonds is 3. The van der Waals surface area contributed by atoms with Gasteiger partial charge in [-0.3, -0.25) is 4.79 Å². The molecule has 3 amide bonds. The number of amides is 3. The normalized spacial score (nSPS) is 26.7. The van der Waals surface area contributed by atoms with E-state index in [1.165, 1.54) is 6.92 Å². The first-order valence-corrected chi connectivity index (χ1v) is 12.8. The van der Waals surface area contributed by atoms with Crippen LogP contribution in [0.4, 0.5) is 35.5 Å². The van der Waals surface area contributed by atoms with Gasteiger partial charge in [0.05, 0.1) is 12.1 Å². The molecule has 2 saturated heterocycles. The number of nitrogens with one attached hydrogen (secondary N) is 2. The van der Waals surface area contributed by atoms with Gasteiger partial charge in [0.25, 0.3) is 0 Å². The van der Waals surface area contributed by atoms with Crippen LogP contribution in [0.1, 0.15) is 48.8 Å². The van der Waals surface area contributed by atoms with E-state index in [4.69, 9.17) is 0 Å². The Kier molecular flexibility index (Phi) is 7.17. The van der Waals surface area contributed by atoms with Gasteiger partial charge in [0.1, 0.15) is 0 Å². The number of carbonyl (C=O) groups excluding carboxylic acids is 2. The van der Waals surface area contributed by atoms with E-state index in [9.17, 15) is 40.3 Å². The summed E-state index contributed by atoms with van der Waals surface area (Å²) in [6.07, 6.45) is -10.7. The van der Waals surface area contributed by atoms with Crippen LogP contribution in [-0.4, -0.2) is 65.4 Å². The van der Waals surface area contributed by atoms with Gasteiger partial charge in [0.2, 0.25) is 5.91 Å². The third-order valence-corrected chi connectivity index (χ3v) is 8.41. The minimum Gasteiger partial charge on any atom is -0.351 e. The van der Waals surface area contributed by atoms with Gasteiger partial charge >= 0.3 is 24.1 Å². The number of benzene rings is 1. The molecule has 0 saturated carbocycles. The van der Waals surface area contributed by atoms with Crippen molar-refractivity contribution in [3.63, 3.8) is 0 Å². The van der Waals surface area contributed by atoms with Crippen LogP contribution >= 0.6 is 11.8 Å². The maximum atomic E-state index is 14.5. The summed E-state index contributed by atoms with van der Waals surface area (Å²) >= 11 is 1.68. The minimum absolute atomic E-state index is 0.120. The Labute approximate surface area is 207 Å². The minimum atomic E-state index is -6.16. The Bertz CT molecular complexity index is 1000. The summed E-state index contributed by atoms with van der Waals surface area (Å²) in [5.41, 5.74) is -6.16. The highest BCUT2D eigenvalue weighted by molar-refractivity contribution is 7.99. The second-order valence-corrected chi connectivity index (χ2v) is 10.6. The number of fused-ring (bicyclic) bond motifs is 3. The molecule has 36 heavy (non-hydrogen) atoms. The van der Waals surface area contributed by atoms with Crippen LogP contribution in [0.25, 0.3) is 0 Å². The molecule has 4 atom stereocenters. The maximum absolute atomic E-state index is 14.5. The lowest BCUT2D eigenvalue weighted by molar-refractivity contribution is -0.348. The fraction of sp³-hybridized carbons (Fsp3) is 0.652. The average molecular weight is 542 g/mol. The highest BCUT2D eigenvalue weighted by atomic mass is 32.2. The molecule has 2 heterocycles. The first kappa shape index (κ1) is 26.9. The van der Waals surface area contributed by atoms with Crippen molar-refractivity contribution in [3.05, 3.63) is 34.9 Å². The van der Waals surface area contributed by atoms with E-state index in [1.807, 2.05) is 0 Å². The van der Waals surface area contributed by atoms with Crippen LogP contribution < -0.4 is 10.6 Å². The van der Waals surface area contributed by atoms with Crippen LogP contribution in [0.3, 0.4) is 0 Å². The number of aryl methyl sites for hydroxylation is 1. The Morgan fingerprint density at radius 1 is 0.972 bits per heavy atom. The maximum Gasteiger partial charge on any atom is 0.435 e. The van der Waals surface area contributed by atoms with Crippen molar-refractivity contribution in [1.29, 1.82) is 0 Å². The molecule has 200 valence electrons. The van der Waals surface area contributed by atoms with E-state index in [0.717, 1.165) is 11.8 Å². The van der Waals surface area contributed by atoms with E-state index in [-0.39, 0.29) is 48.0 Å². The zero-order valence-electron chi connectivity index (χ0n) is 19.3. The molecule has 1 aromatic rings. The number of halogens is 7. The van der Waals surface area contributed by atoms with Crippen molar-refractivity contribution < 1.29 is 40.3 Å². The highest BCUT2D eigenvalue weighted by Gasteiger charge is 2.73. The SMILES string of the molecule is CC(=O)NC1CSCCC1NC(=O)N1CCC2c3ccc(C(F)(C(F)(F)F)C(F)(F)F)cc3CCC21. The van der Waals surface area contributed by atoms with E-state index in [1.54, 1.807) is 16.7 Å². The number of alkyl halides is 7. The predicted octanol–water partition coefficient (Wildman–Crippen LogP) is 4.80. The highest BCUT2D eigenvalue weighted by Crippen LogP contribution is 2.54. The number of urea groups is 1. The molecule has 4 unspecified atom stereocenters. The summed E-state index contributed by atoms with van der Waals surface area (Å²) in [5, 5.41) is 5.85. The molecule has 13 heteroatoms. The lowest BCUT2D eigenvalue weighted by atomic mass is 9.77. The molecule has 2 N–H and O–H groups in total. The zero-order valence-corrected chi connectivity index (χ0v) is 20.1. The summed E-state index contributed by atoms with van der Waals surface area (Å²) in [6, 6.07) is 1.32. The number of thioether (sulfide) groups is 1. The number of hydrogen-bond acceptors (Lipinski definition) is 3. The van der Waals surface area contributed by atoms with Crippen molar-refractivity contribution in [2.45, 2.75) is 74.7 Å². The molecular weight excluding hydrogens is 515 g/mol. The summed E-state index contributed by atoms with van der Waals surface area (Å²) in [7, 11) is 0. The van der Waals surface area contributed by atoms with Gasteiger partial charge in [-0.1, -0.05) is 18.2 Å². The van der Waals surface area contributed by atoms with Crippen LogP contribution in [0.2, 0.25) is 0 Å². The fourth-order valence-corrected chi connectivity index (χ4v) is 6.73. The average Bonchev–Trinajstić information content (AvgIpc) is 3.22. The number of carbonyl (C=O) groups is 2. The van der Waals surface area contributed by atoms with Crippen molar-refractivity contribution >= 4 is 23.7 Å². The largest absolute Gasteiger partial charge is 0.435 e.